The Morgan fingerprint density at radius 2 is 1.80 bits per heavy atom. The Labute approximate surface area is 146 Å². The molecule has 3 amide bonds. The summed E-state index contributed by atoms with van der Waals surface area (Å²) in [6, 6.07) is 13.6. The lowest BCUT2D eigenvalue weighted by Gasteiger charge is -2.36. The third-order valence-corrected chi connectivity index (χ3v) is 4.86. The van der Waals surface area contributed by atoms with Crippen LogP contribution in [0.1, 0.15) is 15.9 Å². The van der Waals surface area contributed by atoms with Gasteiger partial charge in [0, 0.05) is 50.7 Å². The number of hydrogen-bond acceptors (Lipinski definition) is 3. The Bertz CT molecular complexity index is 766. The van der Waals surface area contributed by atoms with E-state index in [1.165, 1.54) is 0 Å². The fourth-order valence-electron chi connectivity index (χ4n) is 3.58. The highest BCUT2D eigenvalue weighted by atomic mass is 16.2. The lowest BCUT2D eigenvalue weighted by atomic mass is 10.1. The number of carbonyl (C=O) groups is 2. The van der Waals surface area contributed by atoms with Crippen molar-refractivity contribution in [2.45, 2.75) is 12.6 Å². The van der Waals surface area contributed by atoms with E-state index in [2.05, 4.69) is 4.98 Å². The average Bonchev–Trinajstić information content (AvgIpc) is 2.97. The van der Waals surface area contributed by atoms with Gasteiger partial charge in [-0.05, 0) is 17.7 Å². The maximum absolute atomic E-state index is 12.6. The third kappa shape index (κ3) is 3.07. The maximum Gasteiger partial charge on any atom is 0.320 e. The van der Waals surface area contributed by atoms with Gasteiger partial charge >= 0.3 is 6.03 Å². The van der Waals surface area contributed by atoms with E-state index in [-0.39, 0.29) is 18.0 Å². The number of carbonyl (C=O) groups excluding carboxylic acids is 2. The van der Waals surface area contributed by atoms with Gasteiger partial charge in [-0.25, -0.2) is 4.79 Å². The summed E-state index contributed by atoms with van der Waals surface area (Å²) in [4.78, 5) is 34.8. The number of rotatable bonds is 3. The first-order valence-electron chi connectivity index (χ1n) is 8.51. The molecule has 4 rings (SSSR count). The van der Waals surface area contributed by atoms with Crippen molar-refractivity contribution < 1.29 is 9.59 Å². The number of aromatic nitrogens is 1. The molecule has 0 saturated carbocycles. The molecule has 2 aliphatic heterocycles. The Morgan fingerprint density at radius 3 is 2.56 bits per heavy atom. The van der Waals surface area contributed by atoms with Crippen LogP contribution in [-0.4, -0.2) is 63.8 Å². The van der Waals surface area contributed by atoms with Crippen LogP contribution in [0.5, 0.6) is 0 Å². The minimum absolute atomic E-state index is 0.0102. The molecule has 2 aliphatic rings. The van der Waals surface area contributed by atoms with Gasteiger partial charge in [0.25, 0.3) is 5.91 Å². The first-order valence-corrected chi connectivity index (χ1v) is 8.51. The molecule has 6 nitrogen and oxygen atoms in total. The molecule has 0 spiro atoms. The molecule has 2 saturated heterocycles. The summed E-state index contributed by atoms with van der Waals surface area (Å²) in [6.45, 7) is 3.02. The Balaban J connectivity index is 1.43. The molecule has 1 aromatic heterocycles. The summed E-state index contributed by atoms with van der Waals surface area (Å²) in [6.07, 6.45) is 3.26. The summed E-state index contributed by atoms with van der Waals surface area (Å²) >= 11 is 0. The van der Waals surface area contributed by atoms with Gasteiger partial charge in [0.15, 0.2) is 0 Å². The summed E-state index contributed by atoms with van der Waals surface area (Å²) in [5.74, 6) is 0.0102. The number of hydrogen-bond donors (Lipinski definition) is 0. The molecule has 6 heteroatoms. The number of fused-ring (bicyclic) bond motifs is 1. The van der Waals surface area contributed by atoms with Gasteiger partial charge in [0.05, 0.1) is 6.04 Å². The van der Waals surface area contributed by atoms with E-state index in [1.54, 1.807) is 24.5 Å². The molecule has 1 atom stereocenters. The predicted octanol–water partition coefficient (Wildman–Crippen LogP) is 1.84. The van der Waals surface area contributed by atoms with Gasteiger partial charge in [0.2, 0.25) is 0 Å². The minimum Gasteiger partial charge on any atom is -0.335 e. The maximum atomic E-state index is 12.6. The number of pyridine rings is 1. The van der Waals surface area contributed by atoms with Gasteiger partial charge in [-0.3, -0.25) is 9.78 Å². The average molecular weight is 336 g/mol. The van der Waals surface area contributed by atoms with Gasteiger partial charge in [-0.15, -0.1) is 0 Å². The second-order valence-corrected chi connectivity index (χ2v) is 6.48. The van der Waals surface area contributed by atoms with E-state index < -0.39 is 0 Å². The molecular weight excluding hydrogens is 316 g/mol. The van der Waals surface area contributed by atoms with Crippen LogP contribution in [0.25, 0.3) is 0 Å². The Hall–Kier alpha value is -2.89. The van der Waals surface area contributed by atoms with E-state index in [0.29, 0.717) is 38.3 Å². The van der Waals surface area contributed by atoms with Crippen LogP contribution in [0.2, 0.25) is 0 Å². The summed E-state index contributed by atoms with van der Waals surface area (Å²) in [7, 11) is 0. The van der Waals surface area contributed by atoms with Crippen molar-refractivity contribution in [3.63, 3.8) is 0 Å². The van der Waals surface area contributed by atoms with Crippen molar-refractivity contribution in [1.82, 2.24) is 19.7 Å². The zero-order chi connectivity index (χ0) is 17.2. The fraction of sp³-hybridized carbons (Fsp3) is 0.316. The van der Waals surface area contributed by atoms with Crippen LogP contribution < -0.4 is 0 Å². The van der Waals surface area contributed by atoms with Crippen molar-refractivity contribution in [2.75, 3.05) is 26.2 Å². The molecule has 0 N–H and O–H groups in total. The topological polar surface area (TPSA) is 56.8 Å². The standard InChI is InChI=1S/C19H20N4O2/c24-18(16-6-8-20-9-7-16)21-10-11-23-17(13-21)14-22(19(23)25)12-15-4-2-1-3-5-15/h1-9,17H,10-14H2. The monoisotopic (exact) mass is 336 g/mol. The second kappa shape index (κ2) is 6.55. The normalized spacial score (nSPS) is 19.9. The summed E-state index contributed by atoms with van der Waals surface area (Å²) in [5.41, 5.74) is 1.77. The molecule has 0 radical (unpaired) electrons. The van der Waals surface area contributed by atoms with Crippen LogP contribution in [0.15, 0.2) is 54.9 Å². The zero-order valence-electron chi connectivity index (χ0n) is 13.9. The number of benzene rings is 1. The van der Waals surface area contributed by atoms with Gasteiger partial charge in [0.1, 0.15) is 0 Å². The van der Waals surface area contributed by atoms with E-state index in [9.17, 15) is 9.59 Å². The smallest absolute Gasteiger partial charge is 0.320 e. The molecule has 0 aliphatic carbocycles. The van der Waals surface area contributed by atoms with Gasteiger partial charge in [-0.2, -0.15) is 0 Å². The molecule has 0 bridgehead atoms. The molecule has 128 valence electrons. The first-order chi connectivity index (χ1) is 12.2. The van der Waals surface area contributed by atoms with Crippen LogP contribution in [0.4, 0.5) is 4.79 Å². The SMILES string of the molecule is O=C(c1ccncc1)N1CCN2C(=O)N(Cc3ccccc3)CC2C1. The molecule has 25 heavy (non-hydrogen) atoms. The molecular formula is C19H20N4O2. The van der Waals surface area contributed by atoms with E-state index >= 15 is 0 Å². The van der Waals surface area contributed by atoms with Gasteiger partial charge < -0.3 is 14.7 Å². The number of amides is 3. The van der Waals surface area contributed by atoms with Crippen molar-refractivity contribution >= 4 is 11.9 Å². The summed E-state index contributed by atoms with van der Waals surface area (Å²) < 4.78 is 0. The van der Waals surface area contributed by atoms with Crippen molar-refractivity contribution in [2.24, 2.45) is 0 Å². The molecule has 2 aromatic rings. The van der Waals surface area contributed by atoms with Crippen LogP contribution in [0, 0.1) is 0 Å². The highest BCUT2D eigenvalue weighted by molar-refractivity contribution is 5.94. The fourth-order valence-corrected chi connectivity index (χ4v) is 3.58. The minimum atomic E-state index is 0.0102. The van der Waals surface area contributed by atoms with Crippen molar-refractivity contribution in [3.05, 3.63) is 66.0 Å². The number of nitrogens with zero attached hydrogens (tertiary/aromatic N) is 4. The molecule has 1 aromatic carbocycles. The largest absolute Gasteiger partial charge is 0.335 e. The highest BCUT2D eigenvalue weighted by Gasteiger charge is 2.41. The van der Waals surface area contributed by atoms with Gasteiger partial charge in [-0.1, -0.05) is 30.3 Å². The second-order valence-electron chi connectivity index (χ2n) is 6.48. The van der Waals surface area contributed by atoms with E-state index in [1.807, 2.05) is 45.0 Å². The van der Waals surface area contributed by atoms with Crippen molar-refractivity contribution in [3.8, 4) is 0 Å². The molecule has 2 fully saturated rings. The van der Waals surface area contributed by atoms with E-state index in [0.717, 1.165) is 5.56 Å². The number of piperazine rings is 1. The number of urea groups is 1. The quantitative estimate of drug-likeness (QED) is 0.859. The first kappa shape index (κ1) is 15.6. The molecule has 1 unspecified atom stereocenters. The highest BCUT2D eigenvalue weighted by Crippen LogP contribution is 2.23. The van der Waals surface area contributed by atoms with Crippen molar-refractivity contribution in [1.29, 1.82) is 0 Å². The van der Waals surface area contributed by atoms with Crippen LogP contribution >= 0.6 is 0 Å². The summed E-state index contributed by atoms with van der Waals surface area (Å²) in [5, 5.41) is 0. The Kier molecular flexibility index (Phi) is 4.09. The molecule has 3 heterocycles. The predicted molar refractivity (Wildman–Crippen MR) is 92.9 cm³/mol. The lowest BCUT2D eigenvalue weighted by molar-refractivity contribution is 0.0617. The zero-order valence-corrected chi connectivity index (χ0v) is 13.9. The lowest BCUT2D eigenvalue weighted by Crippen LogP contribution is -2.53. The van der Waals surface area contributed by atoms with Crippen LogP contribution in [0.3, 0.4) is 0 Å². The third-order valence-electron chi connectivity index (χ3n) is 4.86. The van der Waals surface area contributed by atoms with Crippen LogP contribution in [-0.2, 0) is 6.54 Å². The Morgan fingerprint density at radius 1 is 1.04 bits per heavy atom. The van der Waals surface area contributed by atoms with E-state index in [4.69, 9.17) is 0 Å².